The highest BCUT2D eigenvalue weighted by Gasteiger charge is 2.16. The minimum atomic E-state index is -1.27. The fourth-order valence-corrected chi connectivity index (χ4v) is 2.61. The van der Waals surface area contributed by atoms with E-state index in [2.05, 4.69) is 5.32 Å². The molecule has 0 aliphatic heterocycles. The highest BCUT2D eigenvalue weighted by atomic mass is 19.1. The second kappa shape index (κ2) is 10.4. The van der Waals surface area contributed by atoms with E-state index in [0.717, 1.165) is 28.8 Å². The first-order valence-electron chi connectivity index (χ1n) is 8.95. The summed E-state index contributed by atoms with van der Waals surface area (Å²) in [5, 5.41) is 11.3. The third-order valence-electron chi connectivity index (χ3n) is 4.13. The Kier molecular flexibility index (Phi) is 7.88. The van der Waals surface area contributed by atoms with Crippen LogP contribution in [0.3, 0.4) is 0 Å². The molecule has 0 saturated carbocycles. The molecule has 0 heterocycles. The average Bonchev–Trinajstić information content (AvgIpc) is 2.67. The van der Waals surface area contributed by atoms with Gasteiger partial charge < -0.3 is 15.2 Å². The molecule has 0 fully saturated rings. The van der Waals surface area contributed by atoms with Crippen molar-refractivity contribution in [2.45, 2.75) is 26.8 Å². The second-order valence-corrected chi connectivity index (χ2v) is 6.32. The molecular formula is C22H22F3NO3. The fraction of sp³-hybridized carbons (Fsp3) is 0.227. The Hall–Kier alpha value is -3.22. The van der Waals surface area contributed by atoms with Crippen LogP contribution in [0.1, 0.15) is 23.6 Å². The van der Waals surface area contributed by atoms with Crippen molar-refractivity contribution in [3.63, 3.8) is 0 Å². The largest absolute Gasteiger partial charge is 0.479 e. The quantitative estimate of drug-likeness (QED) is 0.555. The Bertz CT molecular complexity index is 939. The first-order chi connectivity index (χ1) is 13.8. The number of benzene rings is 2. The van der Waals surface area contributed by atoms with Gasteiger partial charge in [-0.15, -0.1) is 0 Å². The molecule has 0 aliphatic carbocycles. The summed E-state index contributed by atoms with van der Waals surface area (Å²) in [6.07, 6.45) is 4.80. The third-order valence-corrected chi connectivity index (χ3v) is 4.13. The Morgan fingerprint density at radius 1 is 1.24 bits per heavy atom. The SMILES string of the molecule is C/C=C\C(F)=C/Cc1ccc(C)c(CNc2c(F)ccc(OCC(=O)O)c2F)c1. The number of nitrogens with one attached hydrogen (secondary N) is 1. The molecule has 2 aromatic carbocycles. The number of carboxylic acid groups (broad SMARTS) is 1. The minimum Gasteiger partial charge on any atom is -0.479 e. The molecule has 2 aromatic rings. The summed E-state index contributed by atoms with van der Waals surface area (Å²) in [6, 6.07) is 7.59. The topological polar surface area (TPSA) is 58.6 Å². The molecule has 0 bridgehead atoms. The number of carboxylic acids is 1. The maximum absolute atomic E-state index is 14.5. The van der Waals surface area contributed by atoms with Crippen molar-refractivity contribution in [2.75, 3.05) is 11.9 Å². The number of halogens is 3. The van der Waals surface area contributed by atoms with Gasteiger partial charge in [0.05, 0.1) is 0 Å². The molecule has 2 rings (SSSR count). The zero-order chi connectivity index (χ0) is 21.4. The van der Waals surface area contributed by atoms with Crippen LogP contribution in [0, 0.1) is 18.6 Å². The zero-order valence-corrected chi connectivity index (χ0v) is 16.1. The van der Waals surface area contributed by atoms with Crippen LogP contribution in [-0.4, -0.2) is 17.7 Å². The number of ether oxygens (including phenoxy) is 1. The summed E-state index contributed by atoms with van der Waals surface area (Å²) < 4.78 is 46.9. The standard InChI is InChI=1S/C22H22F3NO3/c1-3-4-17(23)8-7-15-6-5-14(2)16(11-15)12-26-22-18(24)9-10-19(21(22)25)29-13-20(27)28/h3-6,8-11,26H,7,12-13H2,1-2H3,(H,27,28)/b4-3-,17-8+. The maximum Gasteiger partial charge on any atom is 0.341 e. The summed E-state index contributed by atoms with van der Waals surface area (Å²) in [7, 11) is 0. The van der Waals surface area contributed by atoms with E-state index in [1.807, 2.05) is 25.1 Å². The van der Waals surface area contributed by atoms with Gasteiger partial charge in [-0.05, 0) is 61.2 Å². The summed E-state index contributed by atoms with van der Waals surface area (Å²) >= 11 is 0. The lowest BCUT2D eigenvalue weighted by atomic mass is 10.0. The molecule has 0 amide bonds. The molecule has 0 aromatic heterocycles. The lowest BCUT2D eigenvalue weighted by Crippen LogP contribution is -2.12. The predicted octanol–water partition coefficient (Wildman–Crippen LogP) is 5.32. The summed E-state index contributed by atoms with van der Waals surface area (Å²) in [5.41, 5.74) is 2.14. The molecule has 29 heavy (non-hydrogen) atoms. The molecule has 7 heteroatoms. The number of hydrogen-bond acceptors (Lipinski definition) is 3. The predicted molar refractivity (Wildman–Crippen MR) is 106 cm³/mol. The van der Waals surface area contributed by atoms with Crippen LogP contribution in [0.4, 0.5) is 18.9 Å². The third kappa shape index (κ3) is 6.41. The smallest absolute Gasteiger partial charge is 0.341 e. The van der Waals surface area contributed by atoms with Gasteiger partial charge in [0, 0.05) is 6.54 Å². The normalized spacial score (nSPS) is 11.7. The van der Waals surface area contributed by atoms with E-state index in [1.54, 1.807) is 13.0 Å². The molecule has 0 unspecified atom stereocenters. The number of carbonyl (C=O) groups is 1. The van der Waals surface area contributed by atoms with Crippen molar-refractivity contribution < 1.29 is 27.8 Å². The van der Waals surface area contributed by atoms with Gasteiger partial charge in [0.1, 0.15) is 17.3 Å². The van der Waals surface area contributed by atoms with Gasteiger partial charge in [-0.3, -0.25) is 0 Å². The van der Waals surface area contributed by atoms with Gasteiger partial charge in [-0.1, -0.05) is 24.3 Å². The van der Waals surface area contributed by atoms with Gasteiger partial charge >= 0.3 is 5.97 Å². The Morgan fingerprint density at radius 2 is 2.00 bits per heavy atom. The Labute approximate surface area is 167 Å². The molecule has 0 spiro atoms. The van der Waals surface area contributed by atoms with Gasteiger partial charge in [-0.2, -0.15) is 0 Å². The van der Waals surface area contributed by atoms with Crippen LogP contribution in [0.2, 0.25) is 0 Å². The van der Waals surface area contributed by atoms with Crippen molar-refractivity contribution in [2.24, 2.45) is 0 Å². The van der Waals surface area contributed by atoms with Crippen LogP contribution < -0.4 is 10.1 Å². The van der Waals surface area contributed by atoms with Gasteiger partial charge in [0.2, 0.25) is 0 Å². The molecule has 4 nitrogen and oxygen atoms in total. The molecule has 0 radical (unpaired) electrons. The zero-order valence-electron chi connectivity index (χ0n) is 16.1. The van der Waals surface area contributed by atoms with E-state index in [-0.39, 0.29) is 18.1 Å². The molecule has 0 aliphatic rings. The van der Waals surface area contributed by atoms with E-state index >= 15 is 0 Å². The number of hydrogen-bond donors (Lipinski definition) is 2. The first kappa shape index (κ1) is 22.1. The van der Waals surface area contributed by atoms with Crippen LogP contribution in [0.5, 0.6) is 5.75 Å². The summed E-state index contributed by atoms with van der Waals surface area (Å²) in [6.45, 7) is 2.97. The van der Waals surface area contributed by atoms with Crippen LogP contribution in [0.25, 0.3) is 0 Å². The number of aryl methyl sites for hydroxylation is 1. The van der Waals surface area contributed by atoms with Crippen molar-refractivity contribution in [3.05, 3.63) is 82.7 Å². The van der Waals surface area contributed by atoms with Gasteiger partial charge in [-0.25, -0.2) is 18.0 Å². The van der Waals surface area contributed by atoms with Gasteiger partial charge in [0.25, 0.3) is 0 Å². The second-order valence-electron chi connectivity index (χ2n) is 6.32. The summed E-state index contributed by atoms with van der Waals surface area (Å²) in [5.74, 6) is -3.79. The van der Waals surface area contributed by atoms with Gasteiger partial charge in [0.15, 0.2) is 18.2 Å². The van der Waals surface area contributed by atoms with E-state index in [0.29, 0.717) is 6.42 Å². The fourth-order valence-electron chi connectivity index (χ4n) is 2.61. The van der Waals surface area contributed by atoms with Crippen molar-refractivity contribution in [1.29, 1.82) is 0 Å². The number of aliphatic carboxylic acids is 1. The maximum atomic E-state index is 14.5. The molecule has 0 atom stereocenters. The monoisotopic (exact) mass is 405 g/mol. The van der Waals surface area contributed by atoms with E-state index in [9.17, 15) is 18.0 Å². The van der Waals surface area contributed by atoms with E-state index in [1.165, 1.54) is 12.2 Å². The number of allylic oxidation sites excluding steroid dienone is 4. The minimum absolute atomic E-state index is 0.122. The highest BCUT2D eigenvalue weighted by molar-refractivity contribution is 5.68. The Balaban J connectivity index is 2.17. The Morgan fingerprint density at radius 3 is 2.69 bits per heavy atom. The number of anilines is 1. The van der Waals surface area contributed by atoms with Crippen LogP contribution in [0.15, 0.2) is 54.4 Å². The summed E-state index contributed by atoms with van der Waals surface area (Å²) in [4.78, 5) is 10.6. The van der Waals surface area contributed by atoms with E-state index < -0.39 is 29.9 Å². The van der Waals surface area contributed by atoms with Crippen LogP contribution in [-0.2, 0) is 17.8 Å². The van der Waals surface area contributed by atoms with Crippen LogP contribution >= 0.6 is 0 Å². The lowest BCUT2D eigenvalue weighted by molar-refractivity contribution is -0.139. The average molecular weight is 405 g/mol. The highest BCUT2D eigenvalue weighted by Crippen LogP contribution is 2.28. The van der Waals surface area contributed by atoms with Crippen molar-refractivity contribution in [1.82, 2.24) is 0 Å². The number of rotatable bonds is 9. The molecule has 154 valence electrons. The lowest BCUT2D eigenvalue weighted by Gasteiger charge is -2.14. The first-order valence-corrected chi connectivity index (χ1v) is 8.95. The molecule has 0 saturated heterocycles. The molecule has 2 N–H and O–H groups in total. The van der Waals surface area contributed by atoms with E-state index in [4.69, 9.17) is 9.84 Å². The van der Waals surface area contributed by atoms with Crippen molar-refractivity contribution >= 4 is 11.7 Å². The van der Waals surface area contributed by atoms with Crippen molar-refractivity contribution in [3.8, 4) is 5.75 Å². The molecular weight excluding hydrogens is 383 g/mol.